The van der Waals surface area contributed by atoms with E-state index in [1.165, 1.54) is 6.92 Å². The summed E-state index contributed by atoms with van der Waals surface area (Å²) < 4.78 is 16.7. The number of carbonyl (C=O) groups excluding carboxylic acids is 2. The number of hydrogen-bond donors (Lipinski definition) is 1. The Balaban J connectivity index is 1.49. The van der Waals surface area contributed by atoms with Gasteiger partial charge in [-0.15, -0.1) is 0 Å². The molecular weight excluding hydrogens is 434 g/mol. The third kappa shape index (κ3) is 4.83. The molecule has 4 aromatic rings. The Morgan fingerprint density at radius 1 is 0.941 bits per heavy atom. The van der Waals surface area contributed by atoms with Gasteiger partial charge in [-0.25, -0.2) is 0 Å². The van der Waals surface area contributed by atoms with Crippen LogP contribution in [0.2, 0.25) is 0 Å². The van der Waals surface area contributed by atoms with E-state index in [0.29, 0.717) is 45.0 Å². The van der Waals surface area contributed by atoms with E-state index in [2.05, 4.69) is 5.32 Å². The topological polar surface area (TPSA) is 94.8 Å². The summed E-state index contributed by atoms with van der Waals surface area (Å²) >= 11 is 0. The summed E-state index contributed by atoms with van der Waals surface area (Å²) in [5, 5.41) is 3.13. The van der Waals surface area contributed by atoms with E-state index >= 15 is 0 Å². The van der Waals surface area contributed by atoms with Crippen molar-refractivity contribution in [3.63, 3.8) is 0 Å². The molecule has 4 rings (SSSR count). The Kier molecular flexibility index (Phi) is 6.45. The normalized spacial score (nSPS) is 10.7. The van der Waals surface area contributed by atoms with Crippen molar-refractivity contribution < 1.29 is 23.5 Å². The lowest BCUT2D eigenvalue weighted by Crippen LogP contribution is -2.20. The minimum absolute atomic E-state index is 0.0458. The number of fused-ring (bicyclic) bond motifs is 1. The van der Waals surface area contributed by atoms with E-state index in [0.717, 1.165) is 5.56 Å². The summed E-state index contributed by atoms with van der Waals surface area (Å²) in [6.07, 6.45) is 0. The van der Waals surface area contributed by atoms with Gasteiger partial charge in [-0.3, -0.25) is 14.4 Å². The van der Waals surface area contributed by atoms with Gasteiger partial charge in [-0.05, 0) is 67.9 Å². The molecule has 0 fully saturated rings. The van der Waals surface area contributed by atoms with Crippen LogP contribution in [0.4, 0.5) is 5.69 Å². The van der Waals surface area contributed by atoms with E-state index in [9.17, 15) is 14.4 Å². The van der Waals surface area contributed by atoms with E-state index in [1.54, 1.807) is 68.6 Å². The number of amides is 1. The van der Waals surface area contributed by atoms with Gasteiger partial charge in [0.2, 0.25) is 5.43 Å². The number of Topliss-reactive ketones (excluding diaryl/α,β-unsaturated/α-hetero) is 1. The van der Waals surface area contributed by atoms with Gasteiger partial charge in [0, 0.05) is 17.3 Å². The molecule has 0 saturated heterocycles. The molecule has 0 unspecified atom stereocenters. The molecule has 0 aliphatic rings. The number of ether oxygens (including phenoxy) is 2. The zero-order chi connectivity index (χ0) is 24.2. The Morgan fingerprint density at radius 3 is 2.26 bits per heavy atom. The number of ketones is 1. The lowest BCUT2D eigenvalue weighted by atomic mass is 10.0. The molecule has 7 heteroatoms. The molecule has 0 spiro atoms. The van der Waals surface area contributed by atoms with Crippen LogP contribution in [0.3, 0.4) is 0 Å². The predicted molar refractivity (Wildman–Crippen MR) is 130 cm³/mol. The second-order valence-electron chi connectivity index (χ2n) is 7.72. The molecule has 172 valence electrons. The zero-order valence-corrected chi connectivity index (χ0v) is 19.0. The van der Waals surface area contributed by atoms with Crippen molar-refractivity contribution >= 4 is 28.3 Å². The Hall–Kier alpha value is -4.39. The molecule has 1 heterocycles. The van der Waals surface area contributed by atoms with Gasteiger partial charge in [0.05, 0.1) is 18.1 Å². The largest absolute Gasteiger partial charge is 0.497 e. The number of methoxy groups -OCH3 is 1. The second kappa shape index (κ2) is 9.62. The summed E-state index contributed by atoms with van der Waals surface area (Å²) in [5.41, 5.74) is 2.57. The first kappa shape index (κ1) is 22.8. The molecular formula is C27H23NO6. The van der Waals surface area contributed by atoms with Gasteiger partial charge >= 0.3 is 0 Å². The molecule has 0 atom stereocenters. The first-order valence-corrected chi connectivity index (χ1v) is 10.6. The average molecular weight is 457 g/mol. The van der Waals surface area contributed by atoms with Crippen molar-refractivity contribution in [2.75, 3.05) is 19.0 Å². The lowest BCUT2D eigenvalue weighted by Gasteiger charge is -2.10. The molecule has 1 N–H and O–H groups in total. The van der Waals surface area contributed by atoms with E-state index in [1.807, 2.05) is 12.1 Å². The number of anilines is 1. The Bertz CT molecular complexity index is 1420. The maximum Gasteiger partial charge on any atom is 0.262 e. The third-order valence-electron chi connectivity index (χ3n) is 5.36. The monoisotopic (exact) mass is 457 g/mol. The number of hydrogen-bond acceptors (Lipinski definition) is 6. The molecule has 3 aromatic carbocycles. The molecule has 0 radical (unpaired) electrons. The summed E-state index contributed by atoms with van der Waals surface area (Å²) in [6.45, 7) is 2.99. The number of carbonyl (C=O) groups is 2. The molecule has 0 aliphatic heterocycles. The molecule has 7 nitrogen and oxygen atoms in total. The van der Waals surface area contributed by atoms with Gasteiger partial charge in [0.1, 0.15) is 22.8 Å². The summed E-state index contributed by atoms with van der Waals surface area (Å²) in [6, 6.07) is 18.7. The predicted octanol–water partition coefficient (Wildman–Crippen LogP) is 5.00. The van der Waals surface area contributed by atoms with Crippen LogP contribution in [0.5, 0.6) is 11.5 Å². The highest BCUT2D eigenvalue weighted by molar-refractivity contribution is 5.96. The van der Waals surface area contributed by atoms with Gasteiger partial charge in [-0.1, -0.05) is 12.1 Å². The molecule has 0 saturated carbocycles. The van der Waals surface area contributed by atoms with Crippen LogP contribution < -0.4 is 20.2 Å². The maximum absolute atomic E-state index is 13.1. The highest BCUT2D eigenvalue weighted by atomic mass is 16.5. The number of rotatable bonds is 7. The Labute approximate surface area is 195 Å². The van der Waals surface area contributed by atoms with Crippen molar-refractivity contribution in [2.45, 2.75) is 13.8 Å². The zero-order valence-electron chi connectivity index (χ0n) is 19.0. The van der Waals surface area contributed by atoms with Gasteiger partial charge in [0.15, 0.2) is 12.4 Å². The number of nitrogens with one attached hydrogen (secondary N) is 1. The fourth-order valence-corrected chi connectivity index (χ4v) is 3.60. The van der Waals surface area contributed by atoms with Crippen LogP contribution in [0.25, 0.3) is 22.1 Å². The quantitative estimate of drug-likeness (QED) is 0.393. The minimum atomic E-state index is -0.358. The number of benzene rings is 3. The van der Waals surface area contributed by atoms with E-state index < -0.39 is 0 Å². The molecule has 1 aromatic heterocycles. The summed E-state index contributed by atoms with van der Waals surface area (Å²) in [5.74, 6) is 1.17. The van der Waals surface area contributed by atoms with Crippen LogP contribution >= 0.6 is 0 Å². The second-order valence-corrected chi connectivity index (χ2v) is 7.72. The highest BCUT2D eigenvalue weighted by Crippen LogP contribution is 2.27. The maximum atomic E-state index is 13.1. The van der Waals surface area contributed by atoms with E-state index in [-0.39, 0.29) is 23.7 Å². The fraction of sp³-hybridized carbons (Fsp3) is 0.148. The molecule has 34 heavy (non-hydrogen) atoms. The van der Waals surface area contributed by atoms with Crippen molar-refractivity contribution in [1.29, 1.82) is 0 Å². The van der Waals surface area contributed by atoms with Crippen LogP contribution in [0.15, 0.2) is 75.9 Å². The summed E-state index contributed by atoms with van der Waals surface area (Å²) in [7, 11) is 1.58. The first-order chi connectivity index (χ1) is 16.4. The first-order valence-electron chi connectivity index (χ1n) is 10.6. The highest BCUT2D eigenvalue weighted by Gasteiger charge is 2.15. The summed E-state index contributed by atoms with van der Waals surface area (Å²) in [4.78, 5) is 36.7. The van der Waals surface area contributed by atoms with E-state index in [4.69, 9.17) is 13.9 Å². The standard InChI is InChI=1S/C27H23NO6/c1-16(29)18-4-8-20(9-5-18)28-25(30)15-33-22-12-13-23-24(14-22)34-17(2)26(27(23)31)19-6-10-21(32-3)11-7-19/h4-14H,15H2,1-3H3,(H,28,30). The van der Waals surface area contributed by atoms with Gasteiger partial charge in [-0.2, -0.15) is 0 Å². The molecule has 0 aliphatic carbocycles. The Morgan fingerprint density at radius 2 is 1.62 bits per heavy atom. The van der Waals surface area contributed by atoms with Crippen molar-refractivity contribution in [3.05, 3.63) is 88.3 Å². The van der Waals surface area contributed by atoms with Crippen molar-refractivity contribution in [3.8, 4) is 22.6 Å². The average Bonchev–Trinajstić information content (AvgIpc) is 2.83. The van der Waals surface area contributed by atoms with Crippen molar-refractivity contribution in [2.24, 2.45) is 0 Å². The smallest absolute Gasteiger partial charge is 0.262 e. The van der Waals surface area contributed by atoms with Crippen LogP contribution in [-0.4, -0.2) is 25.4 Å². The van der Waals surface area contributed by atoms with Crippen LogP contribution in [0.1, 0.15) is 23.0 Å². The van der Waals surface area contributed by atoms with Crippen molar-refractivity contribution in [1.82, 2.24) is 0 Å². The fourth-order valence-electron chi connectivity index (χ4n) is 3.60. The van der Waals surface area contributed by atoms with Crippen LogP contribution in [-0.2, 0) is 4.79 Å². The SMILES string of the molecule is COc1ccc(-c2c(C)oc3cc(OCC(=O)Nc4ccc(C(C)=O)cc4)ccc3c2=O)cc1. The number of aryl methyl sites for hydroxylation is 1. The van der Waals surface area contributed by atoms with Crippen LogP contribution in [0, 0.1) is 6.92 Å². The molecule has 0 bridgehead atoms. The lowest BCUT2D eigenvalue weighted by molar-refractivity contribution is -0.118. The van der Waals surface area contributed by atoms with Gasteiger partial charge in [0.25, 0.3) is 5.91 Å². The third-order valence-corrected chi connectivity index (χ3v) is 5.36. The minimum Gasteiger partial charge on any atom is -0.497 e. The van der Waals surface area contributed by atoms with Gasteiger partial charge < -0.3 is 19.2 Å². The molecule has 1 amide bonds.